The zero-order chi connectivity index (χ0) is 10.3. The number of amidine groups is 1. The number of nitrogens with one attached hydrogen (secondary N) is 2. The molecular weight excluding hydrogens is 192 g/mol. The van der Waals surface area contributed by atoms with E-state index in [4.69, 9.17) is 4.74 Å². The Morgan fingerprint density at radius 3 is 3.20 bits per heavy atom. The summed E-state index contributed by atoms with van der Waals surface area (Å²) < 4.78 is 5.30. The molecule has 2 aliphatic heterocycles. The lowest BCUT2D eigenvalue weighted by molar-refractivity contribution is 0.410. The molecule has 0 unspecified atom stereocenters. The number of anilines is 1. The first-order chi connectivity index (χ1) is 7.40. The van der Waals surface area contributed by atoms with E-state index < -0.39 is 0 Å². The molecule has 1 aromatic carbocycles. The molecule has 0 amide bonds. The zero-order valence-electron chi connectivity index (χ0n) is 8.45. The molecule has 3 rings (SSSR count). The summed E-state index contributed by atoms with van der Waals surface area (Å²) in [6, 6.07) is 5.97. The Balaban J connectivity index is 2.14. The molecule has 15 heavy (non-hydrogen) atoms. The fourth-order valence-electron chi connectivity index (χ4n) is 1.95. The van der Waals surface area contributed by atoms with Crippen molar-refractivity contribution in [3.8, 4) is 5.75 Å². The Hall–Kier alpha value is -1.91. The lowest BCUT2D eigenvalue weighted by atomic mass is 10.1. The topological polar surface area (TPSA) is 48.9 Å². The predicted octanol–water partition coefficient (Wildman–Crippen LogP) is 0.602. The first kappa shape index (κ1) is 8.40. The largest absolute Gasteiger partial charge is 0.495 e. The number of rotatable bonds is 1. The highest BCUT2D eigenvalue weighted by Crippen LogP contribution is 2.32. The van der Waals surface area contributed by atoms with Gasteiger partial charge in [0.1, 0.15) is 12.4 Å². The summed E-state index contributed by atoms with van der Waals surface area (Å²) in [7, 11) is 1.68. The van der Waals surface area contributed by atoms with Crippen molar-refractivity contribution in [1.29, 1.82) is 0 Å². The first-order valence-corrected chi connectivity index (χ1v) is 4.87. The second-order valence-corrected chi connectivity index (χ2v) is 3.51. The number of nitrogens with zero attached hydrogens (tertiary/aromatic N) is 2. The lowest BCUT2D eigenvalue weighted by Crippen LogP contribution is -2.38. The fraction of sp³-hybridized carbons (Fsp3) is 0.300. The molecule has 0 saturated heterocycles. The Bertz CT molecular complexity index is 429. The van der Waals surface area contributed by atoms with Crippen LogP contribution in [0, 0.1) is 0 Å². The highest BCUT2D eigenvalue weighted by atomic mass is 16.5. The van der Waals surface area contributed by atoms with Crippen LogP contribution in [0.3, 0.4) is 0 Å². The molecule has 0 aromatic heterocycles. The van der Waals surface area contributed by atoms with Crippen molar-refractivity contribution in [2.45, 2.75) is 0 Å². The van der Waals surface area contributed by atoms with Gasteiger partial charge >= 0.3 is 0 Å². The average Bonchev–Trinajstić information content (AvgIpc) is 2.76. The summed E-state index contributed by atoms with van der Waals surface area (Å²) in [6.45, 7) is 1.53. The van der Waals surface area contributed by atoms with Gasteiger partial charge in [0, 0.05) is 5.56 Å². The quantitative estimate of drug-likeness (QED) is 0.703. The average molecular weight is 204 g/mol. The van der Waals surface area contributed by atoms with E-state index in [-0.39, 0.29) is 0 Å². The van der Waals surface area contributed by atoms with E-state index in [1.165, 1.54) is 0 Å². The second kappa shape index (κ2) is 3.05. The minimum atomic E-state index is 0.763. The molecule has 5 heteroatoms. The van der Waals surface area contributed by atoms with E-state index in [0.29, 0.717) is 0 Å². The molecule has 2 aliphatic rings. The van der Waals surface area contributed by atoms with Crippen molar-refractivity contribution in [3.05, 3.63) is 23.8 Å². The van der Waals surface area contributed by atoms with Crippen LogP contribution in [0.25, 0.3) is 0 Å². The summed E-state index contributed by atoms with van der Waals surface area (Å²) in [5.41, 5.74) is 5.09. The molecule has 2 heterocycles. The Kier molecular flexibility index (Phi) is 1.71. The molecule has 1 aromatic rings. The van der Waals surface area contributed by atoms with E-state index >= 15 is 0 Å². The highest BCUT2D eigenvalue weighted by molar-refractivity contribution is 6.06. The SMILES string of the molecule is COc1cccc2c1NCN1CNN=C21. The van der Waals surface area contributed by atoms with Crippen LogP contribution in [0.5, 0.6) is 5.75 Å². The molecule has 0 saturated carbocycles. The van der Waals surface area contributed by atoms with Gasteiger partial charge in [-0.1, -0.05) is 6.07 Å². The first-order valence-electron chi connectivity index (χ1n) is 4.87. The van der Waals surface area contributed by atoms with Gasteiger partial charge < -0.3 is 15.0 Å². The monoisotopic (exact) mass is 204 g/mol. The third-order valence-corrected chi connectivity index (χ3v) is 2.68. The maximum Gasteiger partial charge on any atom is 0.160 e. The lowest BCUT2D eigenvalue weighted by Gasteiger charge is -2.28. The number of hydrogen-bond acceptors (Lipinski definition) is 5. The van der Waals surface area contributed by atoms with Gasteiger partial charge in [0.05, 0.1) is 19.5 Å². The van der Waals surface area contributed by atoms with Gasteiger partial charge in [0.2, 0.25) is 0 Å². The molecule has 0 spiro atoms. The van der Waals surface area contributed by atoms with Gasteiger partial charge in [-0.15, -0.1) is 0 Å². The van der Waals surface area contributed by atoms with Crippen LogP contribution in [0.15, 0.2) is 23.3 Å². The Labute approximate surface area is 87.7 Å². The van der Waals surface area contributed by atoms with Crippen molar-refractivity contribution in [3.63, 3.8) is 0 Å². The van der Waals surface area contributed by atoms with Crippen LogP contribution in [0.1, 0.15) is 5.56 Å². The molecule has 0 fully saturated rings. The number of methoxy groups -OCH3 is 1. The van der Waals surface area contributed by atoms with Crippen molar-refractivity contribution in [2.75, 3.05) is 25.8 Å². The van der Waals surface area contributed by atoms with Crippen LogP contribution in [0.2, 0.25) is 0 Å². The fourth-order valence-corrected chi connectivity index (χ4v) is 1.95. The van der Waals surface area contributed by atoms with Gasteiger partial charge in [0.15, 0.2) is 5.84 Å². The number of para-hydroxylation sites is 1. The standard InChI is InChI=1S/C10H12N4O/c1-15-8-4-2-3-7-9(8)11-5-14-6-12-13-10(7)14/h2-4,11-12H,5-6H2,1H3. The van der Waals surface area contributed by atoms with Crippen molar-refractivity contribution >= 4 is 11.5 Å². The Morgan fingerprint density at radius 1 is 1.40 bits per heavy atom. The molecule has 0 bridgehead atoms. The van der Waals surface area contributed by atoms with Gasteiger partial charge in [-0.3, -0.25) is 5.43 Å². The maximum atomic E-state index is 5.30. The molecule has 0 radical (unpaired) electrons. The molecule has 78 valence electrons. The van der Waals surface area contributed by atoms with Gasteiger partial charge in [-0.2, -0.15) is 5.10 Å². The summed E-state index contributed by atoms with van der Waals surface area (Å²) in [5.74, 6) is 1.85. The molecule has 0 atom stereocenters. The smallest absolute Gasteiger partial charge is 0.160 e. The van der Waals surface area contributed by atoms with Gasteiger partial charge in [-0.25, -0.2) is 0 Å². The van der Waals surface area contributed by atoms with E-state index in [2.05, 4.69) is 20.7 Å². The third-order valence-electron chi connectivity index (χ3n) is 2.68. The molecule has 5 nitrogen and oxygen atoms in total. The van der Waals surface area contributed by atoms with Crippen LogP contribution < -0.4 is 15.5 Å². The minimum Gasteiger partial charge on any atom is -0.495 e. The minimum absolute atomic E-state index is 0.763. The van der Waals surface area contributed by atoms with E-state index in [0.717, 1.165) is 36.2 Å². The third kappa shape index (κ3) is 1.12. The van der Waals surface area contributed by atoms with Crippen LogP contribution in [-0.2, 0) is 0 Å². The number of ether oxygens (including phenoxy) is 1. The zero-order valence-corrected chi connectivity index (χ0v) is 8.45. The van der Waals surface area contributed by atoms with E-state index in [1.807, 2.05) is 18.2 Å². The highest BCUT2D eigenvalue weighted by Gasteiger charge is 2.27. The summed E-state index contributed by atoms with van der Waals surface area (Å²) in [4.78, 5) is 2.14. The van der Waals surface area contributed by atoms with Gasteiger partial charge in [-0.05, 0) is 12.1 Å². The number of hydrazone groups is 1. The van der Waals surface area contributed by atoms with Gasteiger partial charge in [0.25, 0.3) is 0 Å². The van der Waals surface area contributed by atoms with E-state index in [9.17, 15) is 0 Å². The normalized spacial score (nSPS) is 17.1. The molecule has 2 N–H and O–H groups in total. The predicted molar refractivity (Wildman–Crippen MR) is 57.9 cm³/mol. The number of benzene rings is 1. The summed E-state index contributed by atoms with van der Waals surface area (Å²) in [6.07, 6.45) is 0. The Morgan fingerprint density at radius 2 is 2.33 bits per heavy atom. The van der Waals surface area contributed by atoms with Crippen LogP contribution >= 0.6 is 0 Å². The van der Waals surface area contributed by atoms with E-state index in [1.54, 1.807) is 7.11 Å². The van der Waals surface area contributed by atoms with Crippen LogP contribution in [-0.4, -0.2) is 31.2 Å². The molecule has 0 aliphatic carbocycles. The summed E-state index contributed by atoms with van der Waals surface area (Å²) in [5, 5.41) is 7.61. The van der Waals surface area contributed by atoms with Crippen molar-refractivity contribution < 1.29 is 4.74 Å². The van der Waals surface area contributed by atoms with Crippen LogP contribution in [0.4, 0.5) is 5.69 Å². The summed E-state index contributed by atoms with van der Waals surface area (Å²) >= 11 is 0. The number of hydrogen-bond donors (Lipinski definition) is 2. The van der Waals surface area contributed by atoms with Crippen molar-refractivity contribution in [1.82, 2.24) is 10.3 Å². The maximum absolute atomic E-state index is 5.30. The number of fused-ring (bicyclic) bond motifs is 3. The second-order valence-electron chi connectivity index (χ2n) is 3.51. The van der Waals surface area contributed by atoms with Crippen molar-refractivity contribution in [2.24, 2.45) is 5.10 Å². The molecular formula is C10H12N4O.